The van der Waals surface area contributed by atoms with Crippen molar-refractivity contribution < 1.29 is 19.7 Å². The Morgan fingerprint density at radius 2 is 2.00 bits per heavy atom. The predicted molar refractivity (Wildman–Crippen MR) is 58.7 cm³/mol. The van der Waals surface area contributed by atoms with Crippen molar-refractivity contribution in [3.63, 3.8) is 0 Å². The second-order valence-corrected chi connectivity index (χ2v) is 3.35. The van der Waals surface area contributed by atoms with Crippen molar-refractivity contribution >= 4 is 16.7 Å². The monoisotopic (exact) mass is 218 g/mol. The number of phenolic OH excluding ortho intramolecular Hbond substituents is 1. The summed E-state index contributed by atoms with van der Waals surface area (Å²) in [6.45, 7) is -0.419. The number of carbonyl (C=O) groups is 1. The summed E-state index contributed by atoms with van der Waals surface area (Å²) in [7, 11) is 0. The van der Waals surface area contributed by atoms with Crippen LogP contribution in [-0.4, -0.2) is 22.8 Å². The van der Waals surface area contributed by atoms with Gasteiger partial charge in [0, 0.05) is 11.5 Å². The smallest absolute Gasteiger partial charge is 0.341 e. The first-order chi connectivity index (χ1) is 7.66. The van der Waals surface area contributed by atoms with E-state index >= 15 is 0 Å². The van der Waals surface area contributed by atoms with E-state index in [1.54, 1.807) is 12.1 Å². The lowest BCUT2D eigenvalue weighted by molar-refractivity contribution is -0.139. The van der Waals surface area contributed by atoms with Crippen molar-refractivity contribution in [2.24, 2.45) is 0 Å². The first kappa shape index (κ1) is 10.3. The minimum Gasteiger partial charge on any atom is -0.507 e. The van der Waals surface area contributed by atoms with Gasteiger partial charge in [-0.25, -0.2) is 4.79 Å². The van der Waals surface area contributed by atoms with E-state index in [9.17, 15) is 9.90 Å². The third-order valence-corrected chi connectivity index (χ3v) is 2.18. The predicted octanol–water partition coefficient (Wildman–Crippen LogP) is 2.01. The van der Waals surface area contributed by atoms with Gasteiger partial charge in [-0.05, 0) is 11.5 Å². The maximum atomic E-state index is 10.3. The number of carboxylic acids is 1. The van der Waals surface area contributed by atoms with Crippen molar-refractivity contribution in [2.45, 2.75) is 0 Å². The van der Waals surface area contributed by atoms with Gasteiger partial charge in [0.05, 0.1) is 0 Å². The van der Waals surface area contributed by atoms with Gasteiger partial charge in [0.25, 0.3) is 0 Å². The Morgan fingerprint density at radius 1 is 1.25 bits per heavy atom. The third kappa shape index (κ3) is 2.06. The summed E-state index contributed by atoms with van der Waals surface area (Å²) in [5.74, 6) is -0.621. The van der Waals surface area contributed by atoms with Crippen LogP contribution >= 0.6 is 0 Å². The maximum Gasteiger partial charge on any atom is 0.341 e. The van der Waals surface area contributed by atoms with Crippen molar-refractivity contribution in [2.75, 3.05) is 6.61 Å². The fraction of sp³-hybridized carbons (Fsp3) is 0.0833. The molecule has 2 rings (SSSR count). The van der Waals surface area contributed by atoms with Gasteiger partial charge in [-0.3, -0.25) is 0 Å². The van der Waals surface area contributed by atoms with Crippen LogP contribution in [0.2, 0.25) is 0 Å². The Bertz CT molecular complexity index is 534. The lowest BCUT2D eigenvalue weighted by Gasteiger charge is -2.06. The van der Waals surface area contributed by atoms with E-state index < -0.39 is 12.6 Å². The van der Waals surface area contributed by atoms with Crippen molar-refractivity contribution in [3.05, 3.63) is 36.4 Å². The molecule has 0 aliphatic carbocycles. The first-order valence-electron chi connectivity index (χ1n) is 4.73. The Balaban J connectivity index is 2.38. The van der Waals surface area contributed by atoms with E-state index in [-0.39, 0.29) is 5.75 Å². The molecule has 0 spiro atoms. The molecule has 0 fully saturated rings. The summed E-state index contributed by atoms with van der Waals surface area (Å²) in [5.41, 5.74) is 0. The number of phenols is 1. The molecule has 4 heteroatoms. The largest absolute Gasteiger partial charge is 0.507 e. The Labute approximate surface area is 91.7 Å². The molecule has 16 heavy (non-hydrogen) atoms. The highest BCUT2D eigenvalue weighted by Gasteiger charge is 2.04. The molecule has 2 N–H and O–H groups in total. The molecule has 0 aliphatic heterocycles. The van der Waals surface area contributed by atoms with Crippen LogP contribution in [-0.2, 0) is 4.79 Å². The molecule has 0 amide bonds. The average Bonchev–Trinajstić information content (AvgIpc) is 2.26. The minimum atomic E-state index is -1.05. The average molecular weight is 218 g/mol. The topological polar surface area (TPSA) is 66.8 Å². The van der Waals surface area contributed by atoms with Crippen LogP contribution in [0, 0.1) is 0 Å². The van der Waals surface area contributed by atoms with Crippen LogP contribution in [0.1, 0.15) is 0 Å². The summed E-state index contributed by atoms with van der Waals surface area (Å²) in [6.07, 6.45) is 0. The Morgan fingerprint density at radius 3 is 2.75 bits per heavy atom. The van der Waals surface area contributed by atoms with E-state index in [2.05, 4.69) is 0 Å². The number of carboxylic acid groups (broad SMARTS) is 1. The highest BCUT2D eigenvalue weighted by Crippen LogP contribution is 2.29. The van der Waals surface area contributed by atoms with Gasteiger partial charge < -0.3 is 14.9 Å². The summed E-state index contributed by atoms with van der Waals surface area (Å²) >= 11 is 0. The number of rotatable bonds is 3. The van der Waals surface area contributed by atoms with Gasteiger partial charge in [0.2, 0.25) is 0 Å². The molecule has 0 unspecified atom stereocenters. The SMILES string of the molecule is O=C(O)COc1cc(O)c2ccccc2c1. The number of fused-ring (bicyclic) bond motifs is 1. The zero-order chi connectivity index (χ0) is 11.5. The molecular formula is C12H10O4. The number of ether oxygens (including phenoxy) is 1. The van der Waals surface area contributed by atoms with Gasteiger partial charge >= 0.3 is 5.97 Å². The molecule has 0 aromatic heterocycles. The Hall–Kier alpha value is -2.23. The lowest BCUT2D eigenvalue weighted by atomic mass is 10.1. The fourth-order valence-corrected chi connectivity index (χ4v) is 1.49. The highest BCUT2D eigenvalue weighted by molar-refractivity contribution is 5.89. The highest BCUT2D eigenvalue weighted by atomic mass is 16.5. The van der Waals surface area contributed by atoms with Crippen LogP contribution in [0.5, 0.6) is 11.5 Å². The molecular weight excluding hydrogens is 208 g/mol. The van der Waals surface area contributed by atoms with Crippen LogP contribution < -0.4 is 4.74 Å². The van der Waals surface area contributed by atoms with Crippen LogP contribution in [0.25, 0.3) is 10.8 Å². The first-order valence-corrected chi connectivity index (χ1v) is 4.73. The number of hydrogen-bond donors (Lipinski definition) is 2. The van der Waals surface area contributed by atoms with Gasteiger partial charge in [-0.2, -0.15) is 0 Å². The summed E-state index contributed by atoms with van der Waals surface area (Å²) in [4.78, 5) is 10.3. The third-order valence-electron chi connectivity index (χ3n) is 2.18. The van der Waals surface area contributed by atoms with E-state index in [1.165, 1.54) is 6.07 Å². The zero-order valence-electron chi connectivity index (χ0n) is 8.38. The van der Waals surface area contributed by atoms with E-state index in [1.807, 2.05) is 18.2 Å². The normalized spacial score (nSPS) is 10.2. The molecule has 2 aromatic carbocycles. The molecule has 4 nitrogen and oxygen atoms in total. The van der Waals surface area contributed by atoms with Crippen molar-refractivity contribution in [1.29, 1.82) is 0 Å². The minimum absolute atomic E-state index is 0.0819. The molecule has 0 heterocycles. The maximum absolute atomic E-state index is 10.3. The molecule has 82 valence electrons. The number of aliphatic carboxylic acids is 1. The lowest BCUT2D eigenvalue weighted by Crippen LogP contribution is -2.09. The fourth-order valence-electron chi connectivity index (χ4n) is 1.49. The zero-order valence-corrected chi connectivity index (χ0v) is 8.38. The molecule has 2 aromatic rings. The van der Waals surface area contributed by atoms with Crippen molar-refractivity contribution in [3.8, 4) is 11.5 Å². The van der Waals surface area contributed by atoms with Gasteiger partial charge in [-0.15, -0.1) is 0 Å². The summed E-state index contributed by atoms with van der Waals surface area (Å²) < 4.78 is 5.00. The van der Waals surface area contributed by atoms with E-state index in [0.717, 1.165) is 5.39 Å². The number of aromatic hydroxyl groups is 1. The van der Waals surface area contributed by atoms with E-state index in [4.69, 9.17) is 9.84 Å². The number of benzene rings is 2. The standard InChI is InChI=1S/C12H10O4/c13-11-6-9(16-7-12(14)15)5-8-3-1-2-4-10(8)11/h1-6,13H,7H2,(H,14,15). The van der Waals surface area contributed by atoms with Gasteiger partial charge in [0.15, 0.2) is 6.61 Å². The number of hydrogen-bond acceptors (Lipinski definition) is 3. The van der Waals surface area contributed by atoms with Crippen LogP contribution in [0.15, 0.2) is 36.4 Å². The second kappa shape index (κ2) is 4.10. The molecule has 0 atom stereocenters. The molecule has 0 bridgehead atoms. The van der Waals surface area contributed by atoms with Crippen LogP contribution in [0.3, 0.4) is 0 Å². The van der Waals surface area contributed by atoms with Gasteiger partial charge in [-0.1, -0.05) is 24.3 Å². The molecule has 0 saturated heterocycles. The molecule has 0 saturated carbocycles. The van der Waals surface area contributed by atoms with Crippen LogP contribution in [0.4, 0.5) is 0 Å². The second-order valence-electron chi connectivity index (χ2n) is 3.35. The Kier molecular flexibility index (Phi) is 2.64. The van der Waals surface area contributed by atoms with E-state index in [0.29, 0.717) is 11.1 Å². The molecule has 0 radical (unpaired) electrons. The van der Waals surface area contributed by atoms with Gasteiger partial charge in [0.1, 0.15) is 11.5 Å². The van der Waals surface area contributed by atoms with Crippen molar-refractivity contribution in [1.82, 2.24) is 0 Å². The summed E-state index contributed by atoms with van der Waals surface area (Å²) in [6, 6.07) is 10.4. The summed E-state index contributed by atoms with van der Waals surface area (Å²) in [5, 5.41) is 19.7. The quantitative estimate of drug-likeness (QED) is 0.826. The molecule has 0 aliphatic rings.